The van der Waals surface area contributed by atoms with Gasteiger partial charge in [0.25, 0.3) is 0 Å². The van der Waals surface area contributed by atoms with Crippen LogP contribution in [0.5, 0.6) is 0 Å². The van der Waals surface area contributed by atoms with Gasteiger partial charge in [-0.05, 0) is 50.7 Å². The molecule has 86 valence electrons. The molecule has 2 aliphatic rings. The summed E-state index contributed by atoms with van der Waals surface area (Å²) in [5, 5.41) is 8.70. The number of carboxylic acids is 1. The lowest BCUT2D eigenvalue weighted by atomic mass is 9.93. The van der Waals surface area contributed by atoms with E-state index in [9.17, 15) is 4.79 Å². The first kappa shape index (κ1) is 10.9. The highest BCUT2D eigenvalue weighted by molar-refractivity contribution is 5.67. The van der Waals surface area contributed by atoms with Crippen molar-refractivity contribution in [1.82, 2.24) is 4.90 Å². The van der Waals surface area contributed by atoms with Crippen molar-refractivity contribution < 1.29 is 9.90 Å². The monoisotopic (exact) mass is 211 g/mol. The summed E-state index contributed by atoms with van der Waals surface area (Å²) in [6.45, 7) is 3.47. The van der Waals surface area contributed by atoms with E-state index in [0.717, 1.165) is 31.8 Å². The molecule has 0 unspecified atom stereocenters. The Labute approximate surface area is 91.5 Å². The van der Waals surface area contributed by atoms with E-state index in [4.69, 9.17) is 5.11 Å². The molecule has 1 aliphatic carbocycles. The number of nitrogens with zero attached hydrogens (tertiary/aromatic N) is 1. The number of hydrogen-bond acceptors (Lipinski definition) is 2. The minimum Gasteiger partial charge on any atom is -0.481 e. The molecule has 0 atom stereocenters. The summed E-state index contributed by atoms with van der Waals surface area (Å²) in [7, 11) is 0. The summed E-state index contributed by atoms with van der Waals surface area (Å²) < 4.78 is 0. The zero-order valence-electron chi connectivity index (χ0n) is 9.32. The first-order valence-electron chi connectivity index (χ1n) is 6.18. The molecule has 1 N–H and O–H groups in total. The highest BCUT2D eigenvalue weighted by Crippen LogP contribution is 2.33. The van der Waals surface area contributed by atoms with E-state index in [2.05, 4.69) is 4.90 Å². The van der Waals surface area contributed by atoms with Crippen molar-refractivity contribution in [2.45, 2.75) is 38.5 Å². The smallest absolute Gasteiger partial charge is 0.303 e. The van der Waals surface area contributed by atoms with Gasteiger partial charge in [-0.25, -0.2) is 0 Å². The van der Waals surface area contributed by atoms with Gasteiger partial charge in [0, 0.05) is 6.42 Å². The summed E-state index contributed by atoms with van der Waals surface area (Å²) in [4.78, 5) is 13.1. The fourth-order valence-corrected chi connectivity index (χ4v) is 2.43. The van der Waals surface area contributed by atoms with Gasteiger partial charge in [-0.2, -0.15) is 0 Å². The van der Waals surface area contributed by atoms with E-state index in [1.807, 2.05) is 0 Å². The maximum atomic E-state index is 10.6. The third-order valence-corrected chi connectivity index (χ3v) is 3.72. The van der Waals surface area contributed by atoms with E-state index in [-0.39, 0.29) is 0 Å². The second kappa shape index (κ2) is 4.97. The first-order valence-corrected chi connectivity index (χ1v) is 6.18. The molecule has 0 aromatic carbocycles. The molecular formula is C12H21NO2. The van der Waals surface area contributed by atoms with Crippen LogP contribution in [-0.2, 0) is 4.79 Å². The first-order chi connectivity index (χ1) is 7.24. The average Bonchev–Trinajstić information content (AvgIpc) is 2.99. The number of carbonyl (C=O) groups is 1. The van der Waals surface area contributed by atoms with Gasteiger partial charge >= 0.3 is 5.97 Å². The summed E-state index contributed by atoms with van der Waals surface area (Å²) in [5.41, 5.74) is 0. The van der Waals surface area contributed by atoms with Gasteiger partial charge < -0.3 is 10.0 Å². The van der Waals surface area contributed by atoms with Crippen LogP contribution < -0.4 is 0 Å². The van der Waals surface area contributed by atoms with Crippen LogP contribution in [0.15, 0.2) is 0 Å². The standard InChI is InChI=1S/C12H21NO2/c14-12(15)9-11-4-7-13(8-5-11)6-3-10-1-2-10/h10-11H,1-9H2,(H,14,15). The lowest BCUT2D eigenvalue weighted by Gasteiger charge is -2.31. The minimum absolute atomic E-state index is 0.371. The summed E-state index contributed by atoms with van der Waals surface area (Å²) in [6.07, 6.45) is 6.78. The van der Waals surface area contributed by atoms with Crippen molar-refractivity contribution in [2.24, 2.45) is 11.8 Å². The fraction of sp³-hybridized carbons (Fsp3) is 0.917. The quantitative estimate of drug-likeness (QED) is 0.756. The van der Waals surface area contributed by atoms with Crippen LogP contribution in [0, 0.1) is 11.8 Å². The second-order valence-corrected chi connectivity index (χ2v) is 5.11. The number of carboxylic acid groups (broad SMARTS) is 1. The molecule has 1 saturated carbocycles. The van der Waals surface area contributed by atoms with Gasteiger partial charge in [0.2, 0.25) is 0 Å². The molecule has 3 nitrogen and oxygen atoms in total. The predicted molar refractivity (Wildman–Crippen MR) is 58.8 cm³/mol. The van der Waals surface area contributed by atoms with Gasteiger partial charge in [-0.3, -0.25) is 4.79 Å². The van der Waals surface area contributed by atoms with Gasteiger partial charge in [-0.1, -0.05) is 12.8 Å². The lowest BCUT2D eigenvalue weighted by Crippen LogP contribution is -2.35. The van der Waals surface area contributed by atoms with E-state index >= 15 is 0 Å². The van der Waals surface area contributed by atoms with Gasteiger partial charge in [0.05, 0.1) is 0 Å². The molecule has 3 heteroatoms. The van der Waals surface area contributed by atoms with Crippen LogP contribution >= 0.6 is 0 Å². The second-order valence-electron chi connectivity index (χ2n) is 5.11. The van der Waals surface area contributed by atoms with E-state index < -0.39 is 5.97 Å². The highest BCUT2D eigenvalue weighted by atomic mass is 16.4. The van der Waals surface area contributed by atoms with E-state index in [0.29, 0.717) is 12.3 Å². The fourth-order valence-electron chi connectivity index (χ4n) is 2.43. The zero-order valence-corrected chi connectivity index (χ0v) is 9.32. The van der Waals surface area contributed by atoms with Crippen molar-refractivity contribution in [2.75, 3.05) is 19.6 Å². The Morgan fingerprint density at radius 1 is 1.13 bits per heavy atom. The zero-order chi connectivity index (χ0) is 10.7. The molecule has 1 aliphatic heterocycles. The van der Waals surface area contributed by atoms with Crippen LogP contribution in [0.3, 0.4) is 0 Å². The number of likely N-dealkylation sites (tertiary alicyclic amines) is 1. The largest absolute Gasteiger partial charge is 0.481 e. The van der Waals surface area contributed by atoms with Crippen molar-refractivity contribution in [1.29, 1.82) is 0 Å². The van der Waals surface area contributed by atoms with Gasteiger partial charge in [0.15, 0.2) is 0 Å². The molecule has 1 saturated heterocycles. The highest BCUT2D eigenvalue weighted by Gasteiger charge is 2.24. The average molecular weight is 211 g/mol. The molecule has 0 aromatic heterocycles. The Balaban J connectivity index is 1.60. The van der Waals surface area contributed by atoms with Crippen molar-refractivity contribution in [3.8, 4) is 0 Å². The SMILES string of the molecule is O=C(O)CC1CCN(CCC2CC2)CC1. The van der Waals surface area contributed by atoms with Crippen LogP contribution in [-0.4, -0.2) is 35.6 Å². The summed E-state index contributed by atoms with van der Waals surface area (Å²) in [5.74, 6) is 0.813. The Morgan fingerprint density at radius 3 is 2.33 bits per heavy atom. The topological polar surface area (TPSA) is 40.5 Å². The summed E-state index contributed by atoms with van der Waals surface area (Å²) in [6, 6.07) is 0. The van der Waals surface area contributed by atoms with Crippen molar-refractivity contribution in [3.63, 3.8) is 0 Å². The third kappa shape index (κ3) is 3.82. The Hall–Kier alpha value is -0.570. The van der Waals surface area contributed by atoms with Crippen molar-refractivity contribution >= 4 is 5.97 Å². The van der Waals surface area contributed by atoms with Crippen molar-refractivity contribution in [3.05, 3.63) is 0 Å². The normalized spacial score (nSPS) is 24.3. The van der Waals surface area contributed by atoms with Crippen LogP contribution in [0.4, 0.5) is 0 Å². The number of rotatable bonds is 5. The van der Waals surface area contributed by atoms with E-state index in [1.165, 1.54) is 25.8 Å². The molecule has 1 heterocycles. The molecule has 0 spiro atoms. The van der Waals surface area contributed by atoms with Crippen LogP contribution in [0.2, 0.25) is 0 Å². The summed E-state index contributed by atoms with van der Waals surface area (Å²) >= 11 is 0. The molecule has 15 heavy (non-hydrogen) atoms. The number of aliphatic carboxylic acids is 1. The Kier molecular flexibility index (Phi) is 3.62. The number of piperidine rings is 1. The van der Waals surface area contributed by atoms with Crippen LogP contribution in [0.25, 0.3) is 0 Å². The Morgan fingerprint density at radius 2 is 1.80 bits per heavy atom. The van der Waals surface area contributed by atoms with Gasteiger partial charge in [-0.15, -0.1) is 0 Å². The van der Waals surface area contributed by atoms with Gasteiger partial charge in [0.1, 0.15) is 0 Å². The molecule has 2 rings (SSSR count). The van der Waals surface area contributed by atoms with Crippen LogP contribution in [0.1, 0.15) is 38.5 Å². The Bertz CT molecular complexity index is 218. The lowest BCUT2D eigenvalue weighted by molar-refractivity contribution is -0.138. The maximum Gasteiger partial charge on any atom is 0.303 e. The predicted octanol–water partition coefficient (Wildman–Crippen LogP) is 1.97. The maximum absolute atomic E-state index is 10.6. The minimum atomic E-state index is -0.633. The molecule has 0 aromatic rings. The number of hydrogen-bond donors (Lipinski definition) is 1. The molecule has 0 bridgehead atoms. The van der Waals surface area contributed by atoms with E-state index in [1.54, 1.807) is 0 Å². The molecule has 2 fully saturated rings. The third-order valence-electron chi connectivity index (χ3n) is 3.72. The molecular weight excluding hydrogens is 190 g/mol. The molecule has 0 amide bonds. The molecule has 0 radical (unpaired) electrons.